The van der Waals surface area contributed by atoms with Gasteiger partial charge in [-0.25, -0.2) is 0 Å². The van der Waals surface area contributed by atoms with E-state index in [1.54, 1.807) is 14.2 Å². The quantitative estimate of drug-likeness (QED) is 0.399. The summed E-state index contributed by atoms with van der Waals surface area (Å²) in [5, 5.41) is 0. The number of rotatable bonds is 12. The molecule has 0 saturated carbocycles. The zero-order chi connectivity index (χ0) is 15.3. The summed E-state index contributed by atoms with van der Waals surface area (Å²) in [4.78, 5) is 0. The first-order valence-electron chi connectivity index (χ1n) is 7.63. The van der Waals surface area contributed by atoms with Crippen molar-refractivity contribution < 1.29 is 27.8 Å². The largest absolute Gasteiger partial charge is 0.397 e. The molecule has 2 heterocycles. The first kappa shape index (κ1) is 17.3. The van der Waals surface area contributed by atoms with Gasteiger partial charge in [-0.05, 0) is 13.8 Å². The minimum Gasteiger partial charge on any atom is -0.397 e. The number of ether oxygens (including phenoxy) is 4. The summed E-state index contributed by atoms with van der Waals surface area (Å²) in [5.41, 5.74) is 0. The van der Waals surface area contributed by atoms with E-state index in [9.17, 15) is 0 Å². The van der Waals surface area contributed by atoms with E-state index in [0.717, 1.165) is 25.3 Å². The Balaban J connectivity index is 1.74. The molecule has 21 heavy (non-hydrogen) atoms. The van der Waals surface area contributed by atoms with Gasteiger partial charge in [-0.15, -0.1) is 0 Å². The number of hydrogen-bond acceptors (Lipinski definition) is 6. The summed E-state index contributed by atoms with van der Waals surface area (Å²) in [5.74, 6) is 0. The molecule has 2 fully saturated rings. The molecule has 0 amide bonds. The average molecular weight is 320 g/mol. The Bertz CT molecular complexity index is 278. The molecule has 124 valence electrons. The maximum atomic E-state index is 5.80. The molecule has 2 aliphatic rings. The summed E-state index contributed by atoms with van der Waals surface area (Å²) in [7, 11) is 1.15. The fraction of sp³-hybridized carbons (Fsp3) is 1.00. The maximum absolute atomic E-state index is 5.80. The second-order valence-electron chi connectivity index (χ2n) is 5.93. The summed E-state index contributed by atoms with van der Waals surface area (Å²) in [6.07, 6.45) is 0.767. The number of hydrogen-bond donors (Lipinski definition) is 0. The van der Waals surface area contributed by atoms with Crippen LogP contribution in [0.2, 0.25) is 12.1 Å². The van der Waals surface area contributed by atoms with Crippen molar-refractivity contribution in [1.82, 2.24) is 0 Å². The lowest BCUT2D eigenvalue weighted by molar-refractivity contribution is 0.0465. The zero-order valence-corrected chi connectivity index (χ0v) is 14.5. The lowest BCUT2D eigenvalue weighted by Crippen LogP contribution is -2.46. The number of epoxide rings is 2. The van der Waals surface area contributed by atoms with Crippen LogP contribution in [0.3, 0.4) is 0 Å². The molecule has 2 rings (SSSR count). The van der Waals surface area contributed by atoms with Gasteiger partial charge in [-0.1, -0.05) is 0 Å². The van der Waals surface area contributed by atoms with Crippen LogP contribution in [-0.4, -0.2) is 73.6 Å². The van der Waals surface area contributed by atoms with Crippen LogP contribution in [0.4, 0.5) is 0 Å². The standard InChI is InChI=1S/C14H28O6Si/c1-11(17-5-13-7-19-13)9-21(15-3,16-4)10-12(2)18-6-14-8-20-14/h11-14H,5-10H2,1-4H3. The van der Waals surface area contributed by atoms with Gasteiger partial charge < -0.3 is 27.8 Å². The molecule has 6 nitrogen and oxygen atoms in total. The molecule has 0 radical (unpaired) electrons. The zero-order valence-electron chi connectivity index (χ0n) is 13.5. The van der Waals surface area contributed by atoms with Crippen molar-refractivity contribution in [3.8, 4) is 0 Å². The highest BCUT2D eigenvalue weighted by molar-refractivity contribution is 6.67. The van der Waals surface area contributed by atoms with Gasteiger partial charge in [-0.3, -0.25) is 0 Å². The SMILES string of the molecule is CO[Si](CC(C)OCC1CO1)(CC(C)OCC1CO1)OC. The normalized spacial score (nSPS) is 27.4. The summed E-state index contributed by atoms with van der Waals surface area (Å²) in [6, 6.07) is 1.58. The lowest BCUT2D eigenvalue weighted by atomic mass is 10.4. The second kappa shape index (κ2) is 8.01. The fourth-order valence-electron chi connectivity index (χ4n) is 2.37. The Morgan fingerprint density at radius 2 is 1.29 bits per heavy atom. The van der Waals surface area contributed by atoms with Crippen molar-refractivity contribution in [2.75, 3.05) is 40.6 Å². The second-order valence-corrected chi connectivity index (χ2v) is 9.38. The highest BCUT2D eigenvalue weighted by atomic mass is 28.4. The predicted octanol–water partition coefficient (Wildman–Crippen LogP) is 1.33. The van der Waals surface area contributed by atoms with Crippen molar-refractivity contribution in [2.24, 2.45) is 0 Å². The van der Waals surface area contributed by atoms with Crippen LogP contribution in [0.5, 0.6) is 0 Å². The fourth-order valence-corrected chi connectivity index (χ4v) is 5.35. The van der Waals surface area contributed by atoms with Crippen LogP contribution >= 0.6 is 0 Å². The summed E-state index contributed by atoms with van der Waals surface area (Å²) < 4.78 is 33.5. The summed E-state index contributed by atoms with van der Waals surface area (Å²) in [6.45, 7) is 7.07. The molecular formula is C14H28O6Si. The van der Waals surface area contributed by atoms with Gasteiger partial charge in [0.1, 0.15) is 12.2 Å². The third-order valence-corrected chi connectivity index (χ3v) is 7.76. The molecule has 0 aromatic rings. The topological polar surface area (TPSA) is 62.0 Å². The molecule has 0 aromatic carbocycles. The van der Waals surface area contributed by atoms with E-state index in [4.69, 9.17) is 27.8 Å². The van der Waals surface area contributed by atoms with Gasteiger partial charge in [0.15, 0.2) is 0 Å². The Labute approximate surface area is 128 Å². The molecule has 4 unspecified atom stereocenters. The first-order valence-corrected chi connectivity index (χ1v) is 9.86. The van der Waals surface area contributed by atoms with Crippen LogP contribution in [0, 0.1) is 0 Å². The average Bonchev–Trinajstić information content (AvgIpc) is 3.36. The minimum atomic E-state index is -2.30. The third kappa shape index (κ3) is 6.31. The molecule has 0 aliphatic carbocycles. The van der Waals surface area contributed by atoms with Crippen molar-refractivity contribution in [1.29, 1.82) is 0 Å². The van der Waals surface area contributed by atoms with Crippen molar-refractivity contribution in [3.63, 3.8) is 0 Å². The highest BCUT2D eigenvalue weighted by Crippen LogP contribution is 2.25. The molecule has 7 heteroatoms. The first-order chi connectivity index (χ1) is 10.1. The Hall–Kier alpha value is -0.0231. The van der Waals surface area contributed by atoms with Crippen molar-refractivity contribution in [2.45, 2.75) is 50.4 Å². The third-order valence-electron chi connectivity index (χ3n) is 3.88. The summed E-state index contributed by atoms with van der Waals surface area (Å²) >= 11 is 0. The Morgan fingerprint density at radius 1 is 0.905 bits per heavy atom. The van der Waals surface area contributed by atoms with Crippen molar-refractivity contribution >= 4 is 8.56 Å². The minimum absolute atomic E-state index is 0.0970. The molecular weight excluding hydrogens is 292 g/mol. The van der Waals surface area contributed by atoms with Crippen LogP contribution in [-0.2, 0) is 27.8 Å². The van der Waals surface area contributed by atoms with Crippen LogP contribution in [0.1, 0.15) is 13.8 Å². The van der Waals surface area contributed by atoms with Crippen LogP contribution in [0.15, 0.2) is 0 Å². The van der Waals surface area contributed by atoms with Gasteiger partial charge in [0.05, 0.1) is 38.6 Å². The molecule has 0 aromatic heterocycles. The molecule has 4 atom stereocenters. The predicted molar refractivity (Wildman–Crippen MR) is 79.7 cm³/mol. The highest BCUT2D eigenvalue weighted by Gasteiger charge is 2.40. The monoisotopic (exact) mass is 320 g/mol. The Kier molecular flexibility index (Phi) is 6.61. The molecule has 0 N–H and O–H groups in total. The van der Waals surface area contributed by atoms with Gasteiger partial charge in [0.25, 0.3) is 0 Å². The molecule has 0 spiro atoms. The van der Waals surface area contributed by atoms with E-state index < -0.39 is 8.56 Å². The van der Waals surface area contributed by atoms with Gasteiger partial charge in [-0.2, -0.15) is 0 Å². The smallest absolute Gasteiger partial charge is 0.342 e. The molecule has 2 saturated heterocycles. The molecule has 2 aliphatic heterocycles. The van der Waals surface area contributed by atoms with Gasteiger partial charge in [0, 0.05) is 26.3 Å². The van der Waals surface area contributed by atoms with E-state index in [1.165, 1.54) is 0 Å². The van der Waals surface area contributed by atoms with E-state index >= 15 is 0 Å². The van der Waals surface area contributed by atoms with Gasteiger partial charge >= 0.3 is 8.56 Å². The van der Waals surface area contributed by atoms with E-state index in [-0.39, 0.29) is 24.4 Å². The lowest BCUT2D eigenvalue weighted by Gasteiger charge is -2.32. The Morgan fingerprint density at radius 3 is 1.57 bits per heavy atom. The van der Waals surface area contributed by atoms with Crippen LogP contribution in [0.25, 0.3) is 0 Å². The van der Waals surface area contributed by atoms with E-state index in [0.29, 0.717) is 13.2 Å². The van der Waals surface area contributed by atoms with Gasteiger partial charge in [0.2, 0.25) is 0 Å². The van der Waals surface area contributed by atoms with Crippen molar-refractivity contribution in [3.05, 3.63) is 0 Å². The van der Waals surface area contributed by atoms with Crippen LogP contribution < -0.4 is 0 Å². The maximum Gasteiger partial charge on any atom is 0.342 e. The van der Waals surface area contributed by atoms with E-state index in [2.05, 4.69) is 13.8 Å². The van der Waals surface area contributed by atoms with E-state index in [1.807, 2.05) is 0 Å². The molecule has 0 bridgehead atoms.